The Morgan fingerprint density at radius 3 is 0.988 bits per heavy atom. The summed E-state index contributed by atoms with van der Waals surface area (Å²) >= 11 is 0. The summed E-state index contributed by atoms with van der Waals surface area (Å²) < 4.78 is 10.0. The van der Waals surface area contributed by atoms with Crippen LogP contribution in [0.15, 0.2) is 297 Å². The van der Waals surface area contributed by atoms with E-state index in [0.717, 1.165) is 72.6 Å². The Labute approximate surface area is 473 Å². The fraction of sp³-hybridized carbons (Fsp3) is 0.0130. The van der Waals surface area contributed by atoms with Crippen LogP contribution in [0.5, 0.6) is 0 Å². The van der Waals surface area contributed by atoms with Crippen LogP contribution in [0.25, 0.3) is 143 Å². The van der Waals surface area contributed by atoms with Crippen molar-refractivity contribution in [1.29, 1.82) is 0 Å². The van der Waals surface area contributed by atoms with Crippen LogP contribution < -0.4 is 5.32 Å². The van der Waals surface area contributed by atoms with Gasteiger partial charge in [-0.25, -0.2) is 0 Å². The van der Waals surface area contributed by atoms with Gasteiger partial charge in [0, 0.05) is 54.5 Å². The normalized spacial score (nSPS) is 13.7. The van der Waals surface area contributed by atoms with E-state index in [-0.39, 0.29) is 6.17 Å². The van der Waals surface area contributed by atoms with Gasteiger partial charge in [-0.15, -0.1) is 0 Å². The zero-order valence-electron chi connectivity index (χ0n) is 44.7. The first-order valence-corrected chi connectivity index (χ1v) is 28.3. The second kappa shape index (κ2) is 18.3. The van der Waals surface area contributed by atoms with Gasteiger partial charge in [0.05, 0.1) is 44.1 Å². The lowest BCUT2D eigenvalue weighted by Gasteiger charge is -2.29. The summed E-state index contributed by atoms with van der Waals surface area (Å²) in [6.07, 6.45) is 4.55. The lowest BCUT2D eigenvalue weighted by Crippen LogP contribution is -2.29. The standard InChI is InChI=1S/C77H51N5/c1-4-22-50(23-5-1)53-42-54(51-24-6-2-7-25-51)45-58(44-53)79-68-34-16-14-32-64(68)66-40-41-67-65-33-15-17-35-69(65)80(77(67)76(66)79)59-46-55(52-26-8-3-9-27-52)43-56(47-59)57-48-74(81-70-36-18-10-28-60(70)61-29-11-19-37-71(61)81)78-75(49-57)82-72-38-20-12-30-62(72)63-31-13-21-39-73(63)82/h1-49,74,78H. The first-order valence-electron chi connectivity index (χ1n) is 28.3. The first-order chi connectivity index (χ1) is 40.7. The number of dihydropyridines is 1. The molecule has 0 aliphatic carbocycles. The molecule has 5 heterocycles. The summed E-state index contributed by atoms with van der Waals surface area (Å²) in [5.74, 6) is 1.00. The van der Waals surface area contributed by atoms with Crippen molar-refractivity contribution in [2.24, 2.45) is 0 Å². The molecule has 1 N–H and O–H groups in total. The molecule has 0 amide bonds. The number of fused-ring (bicyclic) bond motifs is 13. The van der Waals surface area contributed by atoms with Gasteiger partial charge in [-0.05, 0) is 129 Å². The third-order valence-corrected chi connectivity index (χ3v) is 17.1. The Kier molecular flexibility index (Phi) is 10.3. The average Bonchev–Trinajstić information content (AvgIpc) is 4.49. The van der Waals surface area contributed by atoms with Crippen LogP contribution in [0.2, 0.25) is 0 Å². The summed E-state index contributed by atoms with van der Waals surface area (Å²) in [7, 11) is 0. The lowest BCUT2D eigenvalue weighted by molar-refractivity contribution is 0.579. The molecule has 0 radical (unpaired) electrons. The molecule has 17 rings (SSSR count). The van der Waals surface area contributed by atoms with Crippen LogP contribution >= 0.6 is 0 Å². The highest BCUT2D eigenvalue weighted by Gasteiger charge is 2.27. The summed E-state index contributed by atoms with van der Waals surface area (Å²) in [5.41, 5.74) is 20.6. The fourth-order valence-corrected chi connectivity index (χ4v) is 13.6. The van der Waals surface area contributed by atoms with Gasteiger partial charge in [0.1, 0.15) is 12.0 Å². The van der Waals surface area contributed by atoms with Crippen molar-refractivity contribution in [3.05, 3.63) is 303 Å². The smallest absolute Gasteiger partial charge is 0.125 e. The van der Waals surface area contributed by atoms with Gasteiger partial charge in [-0.3, -0.25) is 4.57 Å². The number of benzene rings is 12. The summed E-state index contributed by atoms with van der Waals surface area (Å²) in [6.45, 7) is 0. The number of nitrogens with zero attached hydrogens (tertiary/aromatic N) is 4. The minimum atomic E-state index is -0.264. The highest BCUT2D eigenvalue weighted by molar-refractivity contribution is 6.24. The van der Waals surface area contributed by atoms with Gasteiger partial charge in [0.25, 0.3) is 0 Å². The monoisotopic (exact) mass is 1050 g/mol. The molecule has 0 fully saturated rings. The summed E-state index contributed by atoms with van der Waals surface area (Å²) in [5, 5.41) is 13.9. The Balaban J connectivity index is 0.969. The van der Waals surface area contributed by atoms with Crippen molar-refractivity contribution in [3.63, 3.8) is 0 Å². The summed E-state index contributed by atoms with van der Waals surface area (Å²) in [6, 6.07) is 105. The Bertz CT molecular complexity index is 5140. The quantitative estimate of drug-likeness (QED) is 0.162. The predicted octanol–water partition coefficient (Wildman–Crippen LogP) is 19.8. The molecule has 0 saturated heterocycles. The Hall–Kier alpha value is -10.9. The molecule has 0 spiro atoms. The van der Waals surface area contributed by atoms with Crippen LogP contribution in [0.4, 0.5) is 0 Å². The molecule has 0 bridgehead atoms. The van der Waals surface area contributed by atoms with Crippen molar-refractivity contribution in [2.45, 2.75) is 6.17 Å². The summed E-state index contributed by atoms with van der Waals surface area (Å²) in [4.78, 5) is 0. The molecule has 12 aromatic carbocycles. The maximum absolute atomic E-state index is 4.15. The van der Waals surface area contributed by atoms with E-state index in [1.807, 2.05) is 0 Å². The van der Waals surface area contributed by atoms with E-state index >= 15 is 0 Å². The highest BCUT2D eigenvalue weighted by Crippen LogP contribution is 2.45. The molecule has 16 aromatic rings. The minimum Gasteiger partial charge on any atom is -0.347 e. The molecule has 0 saturated carbocycles. The van der Waals surface area contributed by atoms with E-state index in [1.54, 1.807) is 0 Å². The van der Waals surface area contributed by atoms with Crippen LogP contribution in [0, 0.1) is 0 Å². The van der Waals surface area contributed by atoms with Crippen molar-refractivity contribution < 1.29 is 0 Å². The van der Waals surface area contributed by atoms with Crippen LogP contribution in [0.3, 0.4) is 0 Å². The van der Waals surface area contributed by atoms with Crippen LogP contribution in [-0.4, -0.2) is 18.3 Å². The molecule has 1 unspecified atom stereocenters. The average molecular weight is 1050 g/mol. The molecule has 4 aromatic heterocycles. The SMILES string of the molecule is C1=C(c2cc(-c3ccccc3)cc(-n3c4ccccc4c4ccc5c6ccccc6n(-c6cc(-c7ccccc7)cc(-c7ccccc7)c6)c5c43)c2)C=C(n2c3ccccc3c3ccccc32)NC1n1c2ccccc2c2ccccc21. The zero-order valence-corrected chi connectivity index (χ0v) is 44.7. The van der Waals surface area contributed by atoms with E-state index in [1.165, 1.54) is 76.4 Å². The van der Waals surface area contributed by atoms with Crippen LogP contribution in [-0.2, 0) is 0 Å². The number of hydrogen-bond donors (Lipinski definition) is 1. The van der Waals surface area contributed by atoms with Gasteiger partial charge >= 0.3 is 0 Å². The Morgan fingerprint density at radius 2 is 0.573 bits per heavy atom. The van der Waals surface area contributed by atoms with Crippen molar-refractivity contribution in [2.75, 3.05) is 0 Å². The number of allylic oxidation sites excluding steroid dienone is 2. The largest absolute Gasteiger partial charge is 0.347 e. The van der Waals surface area contributed by atoms with E-state index in [9.17, 15) is 0 Å². The van der Waals surface area contributed by atoms with Crippen LogP contribution in [0.1, 0.15) is 11.7 Å². The van der Waals surface area contributed by atoms with Crippen molar-refractivity contribution in [1.82, 2.24) is 23.6 Å². The third-order valence-electron chi connectivity index (χ3n) is 17.1. The molecular weight excluding hydrogens is 995 g/mol. The molecule has 5 nitrogen and oxygen atoms in total. The molecule has 1 atom stereocenters. The minimum absolute atomic E-state index is 0.264. The molecule has 5 heteroatoms. The van der Waals surface area contributed by atoms with E-state index < -0.39 is 0 Å². The Morgan fingerprint density at radius 1 is 0.256 bits per heavy atom. The topological polar surface area (TPSA) is 31.8 Å². The lowest BCUT2D eigenvalue weighted by atomic mass is 9.96. The molecular formula is C77H51N5. The predicted molar refractivity (Wildman–Crippen MR) is 345 cm³/mol. The van der Waals surface area contributed by atoms with Gasteiger partial charge < -0.3 is 19.0 Å². The van der Waals surface area contributed by atoms with Crippen molar-refractivity contribution in [3.8, 4) is 44.8 Å². The number of aromatic nitrogens is 4. The van der Waals surface area contributed by atoms with Gasteiger partial charge in [0.2, 0.25) is 0 Å². The molecule has 384 valence electrons. The molecule has 1 aliphatic heterocycles. The number of para-hydroxylation sites is 6. The molecule has 82 heavy (non-hydrogen) atoms. The van der Waals surface area contributed by atoms with E-state index in [2.05, 4.69) is 321 Å². The highest BCUT2D eigenvalue weighted by atomic mass is 15.3. The number of hydrogen-bond acceptors (Lipinski definition) is 1. The fourth-order valence-electron chi connectivity index (χ4n) is 13.6. The van der Waals surface area contributed by atoms with E-state index in [0.29, 0.717) is 0 Å². The van der Waals surface area contributed by atoms with Gasteiger partial charge in [-0.1, -0.05) is 212 Å². The third kappa shape index (κ3) is 7.13. The second-order valence-corrected chi connectivity index (χ2v) is 21.7. The molecule has 1 aliphatic rings. The van der Waals surface area contributed by atoms with Gasteiger partial charge in [0.15, 0.2) is 0 Å². The first kappa shape index (κ1) is 46.1. The zero-order chi connectivity index (χ0) is 53.8. The second-order valence-electron chi connectivity index (χ2n) is 21.7. The maximum Gasteiger partial charge on any atom is 0.125 e. The van der Waals surface area contributed by atoms with E-state index in [4.69, 9.17) is 0 Å². The number of nitrogens with one attached hydrogen (secondary N) is 1. The number of rotatable bonds is 8. The van der Waals surface area contributed by atoms with Gasteiger partial charge in [-0.2, -0.15) is 0 Å². The van der Waals surface area contributed by atoms with Crippen molar-refractivity contribution >= 4 is 98.6 Å². The maximum atomic E-state index is 4.15.